The molecule has 1 amide bonds. The molecule has 2 aromatic rings. The Morgan fingerprint density at radius 2 is 1.78 bits per heavy atom. The number of hydrogen-bond acceptors (Lipinski definition) is 2. The fraction of sp³-hybridized carbons (Fsp3) is 0.316. The van der Waals surface area contributed by atoms with E-state index in [0.29, 0.717) is 13.2 Å². The lowest BCUT2D eigenvalue weighted by atomic mass is 9.86. The smallest absolute Gasteiger partial charge is 0.407 e. The van der Waals surface area contributed by atoms with Crippen molar-refractivity contribution in [2.45, 2.75) is 26.9 Å². The third-order valence-electron chi connectivity index (χ3n) is 3.50. The molecule has 0 spiro atoms. The molecule has 2 aromatic carbocycles. The topological polar surface area (TPSA) is 38.3 Å². The molecule has 23 heavy (non-hydrogen) atoms. The van der Waals surface area contributed by atoms with Crippen molar-refractivity contribution in [2.24, 2.45) is 5.41 Å². The highest BCUT2D eigenvalue weighted by Crippen LogP contribution is 2.23. The number of ether oxygens (including phenoxy) is 1. The Morgan fingerprint density at radius 1 is 1.09 bits per heavy atom. The molecule has 0 saturated carbocycles. The lowest BCUT2D eigenvalue weighted by Gasteiger charge is -2.25. The van der Waals surface area contributed by atoms with E-state index >= 15 is 0 Å². The van der Waals surface area contributed by atoms with Crippen molar-refractivity contribution in [3.63, 3.8) is 0 Å². The third kappa shape index (κ3) is 6.45. The number of hydrogen-bond donors (Lipinski definition) is 1. The van der Waals surface area contributed by atoms with Gasteiger partial charge in [0, 0.05) is 11.0 Å². The monoisotopic (exact) mass is 375 g/mol. The number of halogens is 1. The zero-order chi connectivity index (χ0) is 16.7. The van der Waals surface area contributed by atoms with E-state index in [-0.39, 0.29) is 11.5 Å². The summed E-state index contributed by atoms with van der Waals surface area (Å²) in [6, 6.07) is 17.9. The van der Waals surface area contributed by atoms with Crippen molar-refractivity contribution < 1.29 is 9.53 Å². The highest BCUT2D eigenvalue weighted by Gasteiger charge is 2.20. The van der Waals surface area contributed by atoms with Gasteiger partial charge in [-0.15, -0.1) is 0 Å². The SMILES string of the molecule is CC(C)(CNC(=O)OCc1ccccc1)Cc1cccc(Br)c1. The summed E-state index contributed by atoms with van der Waals surface area (Å²) in [5.74, 6) is 0. The van der Waals surface area contributed by atoms with Gasteiger partial charge in [-0.2, -0.15) is 0 Å². The molecule has 0 aliphatic carbocycles. The van der Waals surface area contributed by atoms with Gasteiger partial charge in [0.25, 0.3) is 0 Å². The van der Waals surface area contributed by atoms with Crippen LogP contribution in [0.3, 0.4) is 0 Å². The summed E-state index contributed by atoms with van der Waals surface area (Å²) < 4.78 is 6.31. The third-order valence-corrected chi connectivity index (χ3v) is 3.99. The molecule has 1 N–H and O–H groups in total. The quantitative estimate of drug-likeness (QED) is 0.775. The van der Waals surface area contributed by atoms with Crippen LogP contribution in [0.1, 0.15) is 25.0 Å². The van der Waals surface area contributed by atoms with Crippen molar-refractivity contribution >= 4 is 22.0 Å². The standard InChI is InChI=1S/C19H22BrNO2/c1-19(2,12-16-9-6-10-17(20)11-16)14-21-18(22)23-13-15-7-4-3-5-8-15/h3-11H,12-14H2,1-2H3,(H,21,22). The van der Waals surface area contributed by atoms with Gasteiger partial charge >= 0.3 is 6.09 Å². The molecule has 0 bridgehead atoms. The number of alkyl carbamates (subject to hydrolysis) is 1. The summed E-state index contributed by atoms with van der Waals surface area (Å²) in [6.45, 7) is 5.11. The van der Waals surface area contributed by atoms with Crippen LogP contribution in [-0.4, -0.2) is 12.6 Å². The molecule has 0 aliphatic heterocycles. The molecule has 0 heterocycles. The van der Waals surface area contributed by atoms with Crippen molar-refractivity contribution in [2.75, 3.05) is 6.54 Å². The van der Waals surface area contributed by atoms with E-state index in [1.165, 1.54) is 5.56 Å². The Morgan fingerprint density at radius 3 is 2.48 bits per heavy atom. The van der Waals surface area contributed by atoms with E-state index in [1.54, 1.807) is 0 Å². The molecule has 4 heteroatoms. The highest BCUT2D eigenvalue weighted by molar-refractivity contribution is 9.10. The van der Waals surface area contributed by atoms with Crippen LogP contribution in [-0.2, 0) is 17.8 Å². The van der Waals surface area contributed by atoms with Crippen LogP contribution in [0.2, 0.25) is 0 Å². The Labute approximate surface area is 146 Å². The van der Waals surface area contributed by atoms with Crippen molar-refractivity contribution in [3.05, 3.63) is 70.2 Å². The van der Waals surface area contributed by atoms with Crippen LogP contribution < -0.4 is 5.32 Å². The second-order valence-corrected chi connectivity index (χ2v) is 7.30. The number of rotatable bonds is 6. The number of benzene rings is 2. The molecule has 0 aromatic heterocycles. The summed E-state index contributed by atoms with van der Waals surface area (Å²) in [5, 5.41) is 2.86. The fourth-order valence-electron chi connectivity index (χ4n) is 2.35. The predicted octanol–water partition coefficient (Wildman–Crippen LogP) is 4.94. The Kier molecular flexibility index (Phi) is 6.22. The van der Waals surface area contributed by atoms with Gasteiger partial charge < -0.3 is 10.1 Å². The average molecular weight is 376 g/mol. The lowest BCUT2D eigenvalue weighted by Crippen LogP contribution is -2.35. The summed E-state index contributed by atoms with van der Waals surface area (Å²) >= 11 is 3.48. The normalized spacial score (nSPS) is 11.1. The summed E-state index contributed by atoms with van der Waals surface area (Å²) in [4.78, 5) is 11.8. The highest BCUT2D eigenvalue weighted by atomic mass is 79.9. The van der Waals surface area contributed by atoms with Gasteiger partial charge in [-0.1, -0.05) is 72.2 Å². The molecular weight excluding hydrogens is 354 g/mol. The lowest BCUT2D eigenvalue weighted by molar-refractivity contribution is 0.135. The first kappa shape index (κ1) is 17.5. The van der Waals surface area contributed by atoms with Crippen molar-refractivity contribution in [3.8, 4) is 0 Å². The maximum absolute atomic E-state index is 11.8. The number of carbonyl (C=O) groups excluding carboxylic acids is 1. The van der Waals surface area contributed by atoms with Gasteiger partial charge in [-0.25, -0.2) is 4.79 Å². The van der Waals surface area contributed by atoms with Crippen LogP contribution in [0.15, 0.2) is 59.1 Å². The molecule has 2 rings (SSSR count). The second-order valence-electron chi connectivity index (χ2n) is 6.39. The van der Waals surface area contributed by atoms with Crippen LogP contribution in [0, 0.1) is 5.41 Å². The predicted molar refractivity (Wildman–Crippen MR) is 96.3 cm³/mol. The van der Waals surface area contributed by atoms with E-state index in [2.05, 4.69) is 47.2 Å². The fourth-order valence-corrected chi connectivity index (χ4v) is 2.79. The number of nitrogens with one attached hydrogen (secondary N) is 1. The van der Waals surface area contributed by atoms with Crippen LogP contribution in [0.25, 0.3) is 0 Å². The zero-order valence-electron chi connectivity index (χ0n) is 13.5. The minimum Gasteiger partial charge on any atom is -0.445 e. The van der Waals surface area contributed by atoms with Gasteiger partial charge in [0.05, 0.1) is 0 Å². The van der Waals surface area contributed by atoms with Crippen molar-refractivity contribution in [1.29, 1.82) is 0 Å². The van der Waals surface area contributed by atoms with E-state index in [1.807, 2.05) is 42.5 Å². The summed E-state index contributed by atoms with van der Waals surface area (Å²) in [6.07, 6.45) is 0.502. The first-order chi connectivity index (χ1) is 10.9. The molecule has 0 radical (unpaired) electrons. The van der Waals surface area contributed by atoms with Crippen LogP contribution in [0.4, 0.5) is 4.79 Å². The molecule has 0 fully saturated rings. The molecular formula is C19H22BrNO2. The van der Waals surface area contributed by atoms with Gasteiger partial charge in [0.1, 0.15) is 6.61 Å². The number of carbonyl (C=O) groups is 1. The average Bonchev–Trinajstić information content (AvgIpc) is 2.52. The Bertz CT molecular complexity index is 641. The van der Waals surface area contributed by atoms with E-state index in [9.17, 15) is 4.79 Å². The van der Waals surface area contributed by atoms with E-state index in [4.69, 9.17) is 4.74 Å². The molecule has 0 atom stereocenters. The molecule has 0 unspecified atom stereocenters. The summed E-state index contributed by atoms with van der Waals surface area (Å²) in [5.41, 5.74) is 2.17. The first-order valence-corrected chi connectivity index (χ1v) is 8.43. The summed E-state index contributed by atoms with van der Waals surface area (Å²) in [7, 11) is 0. The second kappa shape index (κ2) is 8.16. The van der Waals surface area contributed by atoms with Crippen LogP contribution in [0.5, 0.6) is 0 Å². The van der Waals surface area contributed by atoms with Crippen molar-refractivity contribution in [1.82, 2.24) is 5.32 Å². The minimum atomic E-state index is -0.379. The maximum Gasteiger partial charge on any atom is 0.407 e. The maximum atomic E-state index is 11.8. The van der Waals surface area contributed by atoms with Crippen LogP contribution >= 0.6 is 15.9 Å². The zero-order valence-corrected chi connectivity index (χ0v) is 15.1. The Hall–Kier alpha value is -1.81. The van der Waals surface area contributed by atoms with Gasteiger partial charge in [0.15, 0.2) is 0 Å². The molecule has 0 saturated heterocycles. The van der Waals surface area contributed by atoms with Gasteiger partial charge in [-0.3, -0.25) is 0 Å². The Balaban J connectivity index is 1.78. The first-order valence-electron chi connectivity index (χ1n) is 7.64. The molecule has 0 aliphatic rings. The van der Waals surface area contributed by atoms with E-state index in [0.717, 1.165) is 16.5 Å². The number of amides is 1. The van der Waals surface area contributed by atoms with Gasteiger partial charge in [-0.05, 0) is 35.1 Å². The largest absolute Gasteiger partial charge is 0.445 e. The molecule has 3 nitrogen and oxygen atoms in total. The molecule has 122 valence electrons. The van der Waals surface area contributed by atoms with Gasteiger partial charge in [0.2, 0.25) is 0 Å². The minimum absolute atomic E-state index is 0.0490. The van der Waals surface area contributed by atoms with E-state index < -0.39 is 0 Å².